The van der Waals surface area contributed by atoms with Crippen LogP contribution in [-0.4, -0.2) is 47.0 Å². The topological polar surface area (TPSA) is 139 Å². The highest BCUT2D eigenvalue weighted by molar-refractivity contribution is 7.90. The van der Waals surface area contributed by atoms with E-state index in [2.05, 4.69) is 5.32 Å². The Balaban J connectivity index is 1.75. The van der Waals surface area contributed by atoms with Gasteiger partial charge in [-0.25, -0.2) is 17.6 Å². The van der Waals surface area contributed by atoms with E-state index in [0.29, 0.717) is 22.9 Å². The van der Waals surface area contributed by atoms with Gasteiger partial charge in [-0.2, -0.15) is 0 Å². The van der Waals surface area contributed by atoms with Crippen LogP contribution in [0.3, 0.4) is 0 Å². The molecule has 1 heterocycles. The molecule has 12 heteroatoms. The lowest BCUT2D eigenvalue weighted by molar-refractivity contribution is -0.120. The Morgan fingerprint density at radius 3 is 2.39 bits per heavy atom. The summed E-state index contributed by atoms with van der Waals surface area (Å²) in [6.07, 6.45) is 8.25. The number of aromatic nitrogens is 2. The van der Waals surface area contributed by atoms with Crippen LogP contribution in [0.15, 0.2) is 21.7 Å². The monoisotopic (exact) mass is 524 g/mol. The van der Waals surface area contributed by atoms with E-state index in [4.69, 9.17) is 5.11 Å². The Bertz CT molecular complexity index is 1340. The van der Waals surface area contributed by atoms with Gasteiger partial charge in [-0.1, -0.05) is 32.1 Å². The number of halogens is 1. The summed E-state index contributed by atoms with van der Waals surface area (Å²) in [6, 6.07) is 2.52. The van der Waals surface area contributed by atoms with Gasteiger partial charge in [0.25, 0.3) is 11.5 Å². The first-order chi connectivity index (χ1) is 17.2. The van der Waals surface area contributed by atoms with Crippen molar-refractivity contribution in [2.24, 2.45) is 0 Å². The average molecular weight is 525 g/mol. The maximum Gasteiger partial charge on any atom is 0.332 e. The largest absolute Gasteiger partial charge is 0.396 e. The average Bonchev–Trinajstić information content (AvgIpc) is 3.37. The van der Waals surface area contributed by atoms with Crippen LogP contribution >= 0.6 is 0 Å². The number of sulfonamides is 1. The maximum absolute atomic E-state index is 15.1. The maximum atomic E-state index is 15.1. The molecule has 2 aromatic rings. The molecule has 2 aliphatic rings. The first-order valence-electron chi connectivity index (χ1n) is 12.6. The number of aliphatic hydroxyl groups excluding tert-OH is 1. The molecular formula is C24H33FN4O6S. The number of carbonyl (C=O) groups excluding carboxylic acids is 1. The molecule has 0 bridgehead atoms. The zero-order chi connectivity index (χ0) is 25.9. The smallest absolute Gasteiger partial charge is 0.332 e. The third-order valence-corrected chi connectivity index (χ3v) is 8.42. The van der Waals surface area contributed by atoms with Crippen molar-refractivity contribution in [1.29, 1.82) is 0 Å². The lowest BCUT2D eigenvalue weighted by Gasteiger charge is -2.25. The standard InChI is InChI=1S/C24H33FN4O6S/c25-19-13-18-21(14-20(19)26-16-7-2-1-3-8-16)29(17-9-4-5-10-17)24(33)28(23(18)32)15-22(31)27-36(34,35)12-6-11-30/h13-14,16-17,26,30H,1-12,15H2,(H,27,31). The molecule has 0 spiro atoms. The molecule has 1 aromatic carbocycles. The van der Waals surface area contributed by atoms with Gasteiger partial charge < -0.3 is 10.4 Å². The zero-order valence-corrected chi connectivity index (χ0v) is 21.0. The normalized spacial score (nSPS) is 17.5. The van der Waals surface area contributed by atoms with Crippen LogP contribution in [0.25, 0.3) is 10.9 Å². The van der Waals surface area contributed by atoms with Crippen molar-refractivity contribution in [3.63, 3.8) is 0 Å². The van der Waals surface area contributed by atoms with E-state index >= 15 is 4.39 Å². The van der Waals surface area contributed by atoms with Crippen molar-refractivity contribution in [3.8, 4) is 0 Å². The van der Waals surface area contributed by atoms with Gasteiger partial charge in [0, 0.05) is 18.7 Å². The van der Waals surface area contributed by atoms with E-state index in [9.17, 15) is 22.8 Å². The molecule has 10 nitrogen and oxygen atoms in total. The van der Waals surface area contributed by atoms with Gasteiger partial charge in [-0.3, -0.25) is 23.4 Å². The van der Waals surface area contributed by atoms with Crippen LogP contribution in [0.4, 0.5) is 10.1 Å². The third-order valence-electron chi connectivity index (χ3n) is 7.05. The number of anilines is 1. The van der Waals surface area contributed by atoms with Crippen LogP contribution in [0.1, 0.15) is 70.3 Å². The van der Waals surface area contributed by atoms with Crippen molar-refractivity contribution >= 4 is 32.5 Å². The van der Waals surface area contributed by atoms with Gasteiger partial charge in [-0.05, 0) is 44.2 Å². The zero-order valence-electron chi connectivity index (χ0n) is 20.2. The molecule has 1 aromatic heterocycles. The van der Waals surface area contributed by atoms with E-state index in [1.54, 1.807) is 0 Å². The molecule has 198 valence electrons. The summed E-state index contributed by atoms with van der Waals surface area (Å²) >= 11 is 0. The van der Waals surface area contributed by atoms with E-state index in [0.717, 1.165) is 51.0 Å². The van der Waals surface area contributed by atoms with E-state index < -0.39 is 45.3 Å². The molecular weight excluding hydrogens is 491 g/mol. The summed E-state index contributed by atoms with van der Waals surface area (Å²) < 4.78 is 43.1. The molecule has 36 heavy (non-hydrogen) atoms. The number of nitrogens with one attached hydrogen (secondary N) is 2. The second-order valence-electron chi connectivity index (χ2n) is 9.73. The summed E-state index contributed by atoms with van der Waals surface area (Å²) in [5, 5.41) is 12.0. The molecule has 1 amide bonds. The van der Waals surface area contributed by atoms with Crippen LogP contribution < -0.4 is 21.3 Å². The number of hydrogen-bond donors (Lipinski definition) is 3. The highest BCUT2D eigenvalue weighted by Gasteiger charge is 2.26. The Morgan fingerprint density at radius 2 is 1.72 bits per heavy atom. The Kier molecular flexibility index (Phi) is 8.13. The molecule has 0 saturated heterocycles. The fourth-order valence-electron chi connectivity index (χ4n) is 5.28. The van der Waals surface area contributed by atoms with Crippen LogP contribution in [0, 0.1) is 5.82 Å². The van der Waals surface area contributed by atoms with E-state index in [-0.39, 0.29) is 36.2 Å². The lowest BCUT2D eigenvalue weighted by atomic mass is 9.95. The fourth-order valence-corrected chi connectivity index (χ4v) is 6.31. The minimum atomic E-state index is -4.04. The number of amides is 1. The first kappa shape index (κ1) is 26.3. The molecule has 0 radical (unpaired) electrons. The SMILES string of the molecule is O=C(Cn1c(=O)c2cc(F)c(NC3CCCCC3)cc2n(C2CCCC2)c1=O)NS(=O)(=O)CCCO. The molecule has 4 rings (SSSR count). The fraction of sp³-hybridized carbons (Fsp3) is 0.625. The lowest BCUT2D eigenvalue weighted by Crippen LogP contribution is -2.45. The number of rotatable bonds is 9. The molecule has 2 aliphatic carbocycles. The summed E-state index contributed by atoms with van der Waals surface area (Å²) in [7, 11) is -4.04. The molecule has 0 atom stereocenters. The molecule has 0 unspecified atom stereocenters. The van der Waals surface area contributed by atoms with Crippen molar-refractivity contribution < 1.29 is 22.7 Å². The van der Waals surface area contributed by atoms with Crippen molar-refractivity contribution in [3.05, 3.63) is 38.8 Å². The van der Waals surface area contributed by atoms with Crippen molar-refractivity contribution in [2.75, 3.05) is 17.7 Å². The quantitative estimate of drug-likeness (QED) is 0.456. The second kappa shape index (κ2) is 11.1. The highest BCUT2D eigenvalue weighted by Crippen LogP contribution is 2.32. The molecule has 2 fully saturated rings. The Morgan fingerprint density at radius 1 is 1.06 bits per heavy atom. The van der Waals surface area contributed by atoms with Gasteiger partial charge in [0.1, 0.15) is 12.4 Å². The van der Waals surface area contributed by atoms with Crippen LogP contribution in [-0.2, 0) is 21.4 Å². The predicted octanol–water partition coefficient (Wildman–Crippen LogP) is 1.99. The van der Waals surface area contributed by atoms with Gasteiger partial charge >= 0.3 is 5.69 Å². The Labute approximate surface area is 208 Å². The number of aliphatic hydroxyl groups is 1. The summed E-state index contributed by atoms with van der Waals surface area (Å²) in [5.74, 6) is -2.15. The summed E-state index contributed by atoms with van der Waals surface area (Å²) in [6.45, 7) is -1.18. The van der Waals surface area contributed by atoms with E-state index in [1.165, 1.54) is 10.6 Å². The minimum Gasteiger partial charge on any atom is -0.396 e. The highest BCUT2D eigenvalue weighted by atomic mass is 32.2. The Hall–Kier alpha value is -2.73. The molecule has 3 N–H and O–H groups in total. The van der Waals surface area contributed by atoms with Crippen molar-refractivity contribution in [1.82, 2.24) is 13.9 Å². The summed E-state index contributed by atoms with van der Waals surface area (Å²) in [5.41, 5.74) is -1.03. The number of hydrogen-bond acceptors (Lipinski definition) is 7. The second-order valence-corrected chi connectivity index (χ2v) is 11.6. The van der Waals surface area contributed by atoms with Crippen molar-refractivity contribution in [2.45, 2.75) is 82.8 Å². The minimum absolute atomic E-state index is 0.0378. The third kappa shape index (κ3) is 5.80. The van der Waals surface area contributed by atoms with Gasteiger partial charge in [0.15, 0.2) is 0 Å². The predicted molar refractivity (Wildman–Crippen MR) is 134 cm³/mol. The molecule has 0 aliphatic heterocycles. The summed E-state index contributed by atoms with van der Waals surface area (Å²) in [4.78, 5) is 39.2. The van der Waals surface area contributed by atoms with Crippen LogP contribution in [0.2, 0.25) is 0 Å². The first-order valence-corrected chi connectivity index (χ1v) is 14.2. The van der Waals surface area contributed by atoms with Gasteiger partial charge in [0.2, 0.25) is 10.0 Å². The van der Waals surface area contributed by atoms with Gasteiger partial charge in [-0.15, -0.1) is 0 Å². The van der Waals surface area contributed by atoms with Gasteiger partial charge in [0.05, 0.1) is 22.3 Å². The molecule has 2 saturated carbocycles. The van der Waals surface area contributed by atoms with E-state index in [1.807, 2.05) is 4.72 Å². The number of fused-ring (bicyclic) bond motifs is 1. The number of benzene rings is 1. The number of carbonyl (C=O) groups is 1. The number of nitrogens with zero attached hydrogens (tertiary/aromatic N) is 2. The van der Waals surface area contributed by atoms with Crippen LogP contribution in [0.5, 0.6) is 0 Å².